The van der Waals surface area contributed by atoms with Gasteiger partial charge in [-0.25, -0.2) is 4.79 Å². The van der Waals surface area contributed by atoms with Crippen molar-refractivity contribution in [1.82, 2.24) is 0 Å². The van der Waals surface area contributed by atoms with Gasteiger partial charge in [-0.15, -0.1) is 0 Å². The number of esters is 2. The summed E-state index contributed by atoms with van der Waals surface area (Å²) in [5.41, 5.74) is -1.14. The summed E-state index contributed by atoms with van der Waals surface area (Å²) in [6.45, 7) is 2.64. The van der Waals surface area contributed by atoms with E-state index in [1.165, 1.54) is 0 Å². The molecular formula is C17H24F2O10S. The van der Waals surface area contributed by atoms with E-state index in [0.29, 0.717) is 19.3 Å². The third kappa shape index (κ3) is 3.49. The molecule has 0 radical (unpaired) electrons. The number of hydrogen-bond acceptors (Lipinski definition) is 9. The van der Waals surface area contributed by atoms with Crippen molar-refractivity contribution in [2.45, 2.75) is 62.5 Å². The van der Waals surface area contributed by atoms with Gasteiger partial charge in [0.1, 0.15) is 12.7 Å². The fourth-order valence-electron chi connectivity index (χ4n) is 5.18. The van der Waals surface area contributed by atoms with Crippen molar-refractivity contribution in [1.29, 1.82) is 0 Å². The average molecular weight is 458 g/mol. The van der Waals surface area contributed by atoms with Crippen molar-refractivity contribution in [3.05, 3.63) is 0 Å². The third-order valence-electron chi connectivity index (χ3n) is 6.66. The number of hydrogen-bond donors (Lipinski definition) is 3. The number of alkyl halides is 2. The lowest BCUT2D eigenvalue weighted by atomic mass is 9.67. The van der Waals surface area contributed by atoms with Crippen molar-refractivity contribution in [2.24, 2.45) is 23.7 Å². The predicted octanol–water partition coefficient (Wildman–Crippen LogP) is 0.0724. The van der Waals surface area contributed by atoms with Crippen LogP contribution in [0.3, 0.4) is 0 Å². The predicted molar refractivity (Wildman–Crippen MR) is 92.3 cm³/mol. The summed E-state index contributed by atoms with van der Waals surface area (Å²) >= 11 is 0. The van der Waals surface area contributed by atoms with Gasteiger partial charge < -0.3 is 24.4 Å². The van der Waals surface area contributed by atoms with Gasteiger partial charge in [-0.2, -0.15) is 17.2 Å². The molecule has 30 heavy (non-hydrogen) atoms. The number of halogens is 2. The van der Waals surface area contributed by atoms with Crippen LogP contribution in [0.4, 0.5) is 8.78 Å². The molecule has 2 saturated carbocycles. The number of aliphatic hydroxyl groups excluding tert-OH is 1. The van der Waals surface area contributed by atoms with Gasteiger partial charge in [-0.1, -0.05) is 13.8 Å². The molecule has 0 spiro atoms. The van der Waals surface area contributed by atoms with Crippen molar-refractivity contribution in [2.75, 3.05) is 6.61 Å². The molecule has 10 nitrogen and oxygen atoms in total. The van der Waals surface area contributed by atoms with Crippen LogP contribution in [0.15, 0.2) is 0 Å². The van der Waals surface area contributed by atoms with E-state index in [-0.39, 0.29) is 11.8 Å². The van der Waals surface area contributed by atoms with Crippen LogP contribution < -0.4 is 0 Å². The van der Waals surface area contributed by atoms with Gasteiger partial charge in [0.15, 0.2) is 0 Å². The number of rotatable bonds is 9. The first-order valence-corrected chi connectivity index (χ1v) is 11.0. The molecule has 1 aliphatic heterocycles. The zero-order chi connectivity index (χ0) is 22.6. The maximum absolute atomic E-state index is 13.3. The summed E-state index contributed by atoms with van der Waals surface area (Å²) in [7, 11) is -6.01. The van der Waals surface area contributed by atoms with Gasteiger partial charge in [-0.3, -0.25) is 9.35 Å². The second-order valence-electron chi connectivity index (χ2n) is 7.98. The second kappa shape index (κ2) is 7.62. The molecule has 0 aromatic heterocycles. The van der Waals surface area contributed by atoms with E-state index in [4.69, 9.17) is 19.1 Å². The molecule has 7 atom stereocenters. The fraction of sp³-hybridized carbons (Fsp3) is 0.882. The lowest BCUT2D eigenvalue weighted by Gasteiger charge is -2.41. The average Bonchev–Trinajstić information content (AvgIpc) is 3.27. The fourth-order valence-corrected chi connectivity index (χ4v) is 5.49. The minimum atomic E-state index is -6.01. The lowest BCUT2D eigenvalue weighted by Crippen LogP contribution is -2.50. The van der Waals surface area contributed by atoms with Gasteiger partial charge >= 0.3 is 27.3 Å². The van der Waals surface area contributed by atoms with Gasteiger partial charge in [0.2, 0.25) is 0 Å². The van der Waals surface area contributed by atoms with Crippen LogP contribution >= 0.6 is 0 Å². The molecule has 3 fully saturated rings. The topological polar surface area (TPSA) is 157 Å². The molecule has 3 aliphatic rings. The summed E-state index contributed by atoms with van der Waals surface area (Å²) < 4.78 is 70.9. The Hall–Kier alpha value is -1.41. The van der Waals surface area contributed by atoms with Crippen molar-refractivity contribution >= 4 is 22.1 Å². The summed E-state index contributed by atoms with van der Waals surface area (Å²) in [6.07, 6.45) is -3.58. The number of ether oxygens (including phenoxy) is 3. The number of fused-ring (bicyclic) bond motifs is 1. The Bertz CT molecular complexity index is 811. The monoisotopic (exact) mass is 458 g/mol. The summed E-state index contributed by atoms with van der Waals surface area (Å²) in [5.74, 6) is -3.42. The standard InChI is InChI=1S/C17H24F2O10S/c1-3-16(23,4-2)11-8-5-7-10(11)14(21)29-13(7)12(8)27-6-9(20)28-15(22)17(18,19)30(24,25)26/h7-8,10-13,15,22-23H,3-6H2,1-2H3,(H,24,25,26). The Morgan fingerprint density at radius 3 is 2.43 bits per heavy atom. The van der Waals surface area contributed by atoms with Crippen molar-refractivity contribution in [3.8, 4) is 0 Å². The Balaban J connectivity index is 1.68. The van der Waals surface area contributed by atoms with E-state index < -0.39 is 69.9 Å². The molecule has 0 aromatic carbocycles. The van der Waals surface area contributed by atoms with E-state index in [0.717, 1.165) is 0 Å². The van der Waals surface area contributed by atoms with Gasteiger partial charge in [0.25, 0.3) is 6.29 Å². The van der Waals surface area contributed by atoms with Crippen LogP contribution in [0.25, 0.3) is 0 Å². The van der Waals surface area contributed by atoms with Crippen LogP contribution in [0.1, 0.15) is 33.1 Å². The zero-order valence-corrected chi connectivity index (χ0v) is 17.0. The summed E-state index contributed by atoms with van der Waals surface area (Å²) in [5, 5.41) is 15.0. The van der Waals surface area contributed by atoms with Gasteiger partial charge in [0.05, 0.1) is 17.6 Å². The van der Waals surface area contributed by atoms with Crippen LogP contribution in [0.5, 0.6) is 0 Å². The Morgan fingerprint density at radius 2 is 1.90 bits per heavy atom. The quantitative estimate of drug-likeness (QED) is 0.245. The molecule has 1 saturated heterocycles. The van der Waals surface area contributed by atoms with Gasteiger partial charge in [0, 0.05) is 11.8 Å². The van der Waals surface area contributed by atoms with Crippen LogP contribution in [-0.2, 0) is 33.9 Å². The molecule has 0 aromatic rings. The number of carbonyl (C=O) groups is 2. The normalized spacial score (nSPS) is 34.2. The number of aliphatic hydroxyl groups is 2. The Labute approximate surface area is 171 Å². The van der Waals surface area contributed by atoms with Crippen LogP contribution in [0, 0.1) is 23.7 Å². The molecule has 13 heteroatoms. The zero-order valence-electron chi connectivity index (χ0n) is 16.2. The van der Waals surface area contributed by atoms with E-state index in [1.54, 1.807) is 13.8 Å². The highest BCUT2D eigenvalue weighted by atomic mass is 32.2. The highest BCUT2D eigenvalue weighted by Gasteiger charge is 2.70. The van der Waals surface area contributed by atoms with Gasteiger partial charge in [-0.05, 0) is 25.2 Å². The van der Waals surface area contributed by atoms with E-state index in [9.17, 15) is 31.9 Å². The highest BCUT2D eigenvalue weighted by Crippen LogP contribution is 2.62. The molecular weight excluding hydrogens is 434 g/mol. The SMILES string of the molecule is CCC(O)(CC)C1C2CC3C(OC(=O)C31)C2OCC(=O)OC(O)C(F)(F)S(=O)(=O)O. The van der Waals surface area contributed by atoms with E-state index in [2.05, 4.69) is 4.74 Å². The van der Waals surface area contributed by atoms with Crippen LogP contribution in [-0.4, -0.2) is 71.1 Å². The summed E-state index contributed by atoms with van der Waals surface area (Å²) in [4.78, 5) is 24.1. The maximum Gasteiger partial charge on any atom is 0.430 e. The largest absolute Gasteiger partial charge is 0.459 e. The van der Waals surface area contributed by atoms with Crippen molar-refractivity contribution < 1.29 is 55.8 Å². The smallest absolute Gasteiger partial charge is 0.430 e. The molecule has 3 N–H and O–H groups in total. The van der Waals surface area contributed by atoms with E-state index >= 15 is 0 Å². The number of carbonyl (C=O) groups excluding carboxylic acids is 2. The molecule has 7 unspecified atom stereocenters. The second-order valence-corrected chi connectivity index (χ2v) is 9.48. The molecule has 0 amide bonds. The third-order valence-corrected chi connectivity index (χ3v) is 7.55. The molecule has 3 rings (SSSR count). The molecule has 1 heterocycles. The molecule has 2 aliphatic carbocycles. The Kier molecular flexibility index (Phi) is 5.91. The Morgan fingerprint density at radius 1 is 1.30 bits per heavy atom. The highest BCUT2D eigenvalue weighted by molar-refractivity contribution is 7.86. The van der Waals surface area contributed by atoms with E-state index in [1.807, 2.05) is 0 Å². The minimum absolute atomic E-state index is 0.201. The van der Waals surface area contributed by atoms with Crippen molar-refractivity contribution in [3.63, 3.8) is 0 Å². The summed E-state index contributed by atoms with van der Waals surface area (Å²) in [6, 6.07) is 0. The first kappa shape index (κ1) is 23.3. The first-order valence-electron chi connectivity index (χ1n) is 9.55. The molecule has 172 valence electrons. The minimum Gasteiger partial charge on any atom is -0.459 e. The van der Waals surface area contributed by atoms with Crippen LogP contribution in [0.2, 0.25) is 0 Å². The maximum atomic E-state index is 13.3. The molecule has 2 bridgehead atoms. The first-order chi connectivity index (χ1) is 13.8. The lowest BCUT2D eigenvalue weighted by molar-refractivity contribution is -0.211.